The Kier molecular flexibility index (Phi) is 3.29. The van der Waals surface area contributed by atoms with Crippen molar-refractivity contribution in [3.05, 3.63) is 41.6 Å². The molecule has 132 valence electrons. The van der Waals surface area contributed by atoms with Crippen molar-refractivity contribution in [2.75, 3.05) is 20.2 Å². The molecule has 2 atom stereocenters. The lowest BCUT2D eigenvalue weighted by molar-refractivity contribution is 0.0413. The van der Waals surface area contributed by atoms with Gasteiger partial charge in [0.2, 0.25) is 5.71 Å². The van der Waals surface area contributed by atoms with Gasteiger partial charge in [-0.25, -0.2) is 0 Å². The first-order valence-corrected chi connectivity index (χ1v) is 9.29. The molecule has 0 amide bonds. The summed E-state index contributed by atoms with van der Waals surface area (Å²) < 4.78 is 2.27. The zero-order valence-corrected chi connectivity index (χ0v) is 15.2. The molecule has 0 unspecified atom stereocenters. The molecule has 0 bridgehead atoms. The first-order valence-electron chi connectivity index (χ1n) is 9.29. The van der Waals surface area contributed by atoms with E-state index in [0.717, 1.165) is 37.1 Å². The van der Waals surface area contributed by atoms with Crippen LogP contribution in [0.2, 0.25) is 0 Å². The minimum atomic E-state index is 0.0124. The van der Waals surface area contributed by atoms with E-state index < -0.39 is 0 Å². The van der Waals surface area contributed by atoms with Gasteiger partial charge in [0, 0.05) is 23.0 Å². The van der Waals surface area contributed by atoms with Crippen molar-refractivity contribution in [2.24, 2.45) is 10.6 Å². The molecule has 0 N–H and O–H groups in total. The van der Waals surface area contributed by atoms with Crippen LogP contribution >= 0.6 is 0 Å². The van der Waals surface area contributed by atoms with Crippen LogP contribution in [0, 0.1) is 16.7 Å². The molecule has 0 saturated carbocycles. The molecule has 5 nitrogen and oxygen atoms in total. The average Bonchev–Trinajstić information content (AvgIpc) is 2.99. The Morgan fingerprint density at radius 1 is 1.35 bits per heavy atom. The normalized spacial score (nSPS) is 27.7. The number of aromatic nitrogens is 1. The molecule has 2 aromatic rings. The number of hydrogen-bond acceptors (Lipinski definition) is 4. The maximum atomic E-state index is 9.73. The molecule has 1 saturated heterocycles. The maximum Gasteiger partial charge on any atom is 0.203 e. The van der Waals surface area contributed by atoms with E-state index in [1.165, 1.54) is 30.2 Å². The molecule has 5 heteroatoms. The summed E-state index contributed by atoms with van der Waals surface area (Å²) in [5.74, 6) is 0. The Hall–Kier alpha value is -2.58. The van der Waals surface area contributed by atoms with Crippen LogP contribution in [0.4, 0.5) is 0 Å². The van der Waals surface area contributed by atoms with Gasteiger partial charge in [-0.2, -0.15) is 5.26 Å². The van der Waals surface area contributed by atoms with Crippen molar-refractivity contribution in [2.45, 2.75) is 32.2 Å². The number of rotatable bonds is 2. The molecule has 5 rings (SSSR count). The second-order valence-corrected chi connectivity index (χ2v) is 7.78. The van der Waals surface area contributed by atoms with Crippen LogP contribution in [0.5, 0.6) is 0 Å². The van der Waals surface area contributed by atoms with E-state index >= 15 is 0 Å². The average molecular weight is 346 g/mol. The van der Waals surface area contributed by atoms with Crippen LogP contribution < -0.4 is 0 Å². The molecule has 26 heavy (non-hydrogen) atoms. The molecule has 0 aliphatic carbocycles. The highest BCUT2D eigenvalue weighted by Crippen LogP contribution is 2.55. The highest BCUT2D eigenvalue weighted by Gasteiger charge is 2.49. The Labute approximate surface area is 153 Å². The number of para-hydroxylation sites is 1. The third kappa shape index (κ3) is 1.91. The van der Waals surface area contributed by atoms with E-state index in [1.54, 1.807) is 0 Å². The lowest BCUT2D eigenvalue weighted by atomic mass is 9.69. The number of piperidine rings is 1. The second-order valence-electron chi connectivity index (χ2n) is 7.78. The van der Waals surface area contributed by atoms with Crippen LogP contribution in [0.3, 0.4) is 0 Å². The number of nitriles is 1. The number of benzene rings is 1. The Morgan fingerprint density at radius 3 is 3.00 bits per heavy atom. The van der Waals surface area contributed by atoms with Crippen LogP contribution in [0.1, 0.15) is 37.1 Å². The quantitative estimate of drug-likeness (QED) is 0.615. The van der Waals surface area contributed by atoms with Crippen molar-refractivity contribution in [3.8, 4) is 6.07 Å². The fourth-order valence-corrected chi connectivity index (χ4v) is 5.38. The van der Waals surface area contributed by atoms with Gasteiger partial charge in [0.1, 0.15) is 13.2 Å². The standard InChI is InChI=1S/C21H22N4O/c1-21-9-5-10-24-11-8-15-14-6-3-4-7-17(14)25(19(15)20(21)24)18(12-21)16(13-22)23-26-2/h3-4,6-7,12,20H,5,8-11H2,1-2H3/b23-16+/t20-,21+/m1/s1. The maximum absolute atomic E-state index is 9.73. The molecular weight excluding hydrogens is 324 g/mol. The van der Waals surface area contributed by atoms with Crippen molar-refractivity contribution < 1.29 is 4.84 Å². The summed E-state index contributed by atoms with van der Waals surface area (Å²) in [6.45, 7) is 4.60. The minimum Gasteiger partial charge on any atom is -0.398 e. The van der Waals surface area contributed by atoms with Crippen molar-refractivity contribution in [1.29, 1.82) is 5.26 Å². The molecule has 3 aliphatic rings. The number of fused-ring (bicyclic) bond motifs is 3. The molecule has 4 heterocycles. The minimum absolute atomic E-state index is 0.0124. The van der Waals surface area contributed by atoms with E-state index in [0.29, 0.717) is 11.8 Å². The molecule has 0 spiro atoms. The van der Waals surface area contributed by atoms with E-state index in [9.17, 15) is 5.26 Å². The van der Waals surface area contributed by atoms with E-state index in [2.05, 4.69) is 58.0 Å². The molecule has 0 radical (unpaired) electrons. The Balaban J connectivity index is 1.89. The van der Waals surface area contributed by atoms with Crippen molar-refractivity contribution >= 4 is 22.3 Å². The van der Waals surface area contributed by atoms with Gasteiger partial charge in [-0.1, -0.05) is 30.3 Å². The first kappa shape index (κ1) is 15.7. The van der Waals surface area contributed by atoms with E-state index in [1.807, 2.05) is 0 Å². The summed E-state index contributed by atoms with van der Waals surface area (Å²) in [7, 11) is 1.50. The van der Waals surface area contributed by atoms with Gasteiger partial charge >= 0.3 is 0 Å². The Morgan fingerprint density at radius 2 is 2.19 bits per heavy atom. The van der Waals surface area contributed by atoms with Gasteiger partial charge in [-0.05, 0) is 43.5 Å². The van der Waals surface area contributed by atoms with Gasteiger partial charge in [-0.3, -0.25) is 4.90 Å². The largest absolute Gasteiger partial charge is 0.398 e. The third-order valence-corrected chi connectivity index (χ3v) is 6.32. The highest BCUT2D eigenvalue weighted by atomic mass is 16.6. The SMILES string of the molecule is CO/N=C(\C#N)C1=C[C@]2(C)CCCN3CCc4c(n1c1ccccc41)[C@@H]32. The summed E-state index contributed by atoms with van der Waals surface area (Å²) in [5.41, 5.74) is 5.19. The van der Waals surface area contributed by atoms with Crippen LogP contribution in [-0.4, -0.2) is 35.4 Å². The smallest absolute Gasteiger partial charge is 0.203 e. The lowest BCUT2D eigenvalue weighted by Gasteiger charge is -2.52. The highest BCUT2D eigenvalue weighted by molar-refractivity contribution is 6.28. The van der Waals surface area contributed by atoms with Crippen LogP contribution in [-0.2, 0) is 11.3 Å². The fourth-order valence-electron chi connectivity index (χ4n) is 5.38. The first-order chi connectivity index (χ1) is 12.7. The predicted octanol–water partition coefficient (Wildman–Crippen LogP) is 3.72. The van der Waals surface area contributed by atoms with Crippen molar-refractivity contribution in [3.63, 3.8) is 0 Å². The number of nitrogens with zero attached hydrogens (tertiary/aromatic N) is 4. The van der Waals surface area contributed by atoms with Crippen LogP contribution in [0.25, 0.3) is 16.6 Å². The zero-order valence-electron chi connectivity index (χ0n) is 15.2. The summed E-state index contributed by atoms with van der Waals surface area (Å²) in [5, 5.41) is 15.1. The summed E-state index contributed by atoms with van der Waals surface area (Å²) in [6.07, 6.45) is 5.66. The molecule has 1 aromatic carbocycles. The topological polar surface area (TPSA) is 53.5 Å². The molecular formula is C21H22N4O. The summed E-state index contributed by atoms with van der Waals surface area (Å²) in [6, 6.07) is 11.2. The number of allylic oxidation sites excluding steroid dienone is 1. The van der Waals surface area contributed by atoms with Crippen LogP contribution in [0.15, 0.2) is 35.5 Å². The molecule has 3 aliphatic heterocycles. The monoisotopic (exact) mass is 346 g/mol. The van der Waals surface area contributed by atoms with Gasteiger partial charge < -0.3 is 9.40 Å². The predicted molar refractivity (Wildman–Crippen MR) is 102 cm³/mol. The Bertz CT molecular complexity index is 1010. The lowest BCUT2D eigenvalue weighted by Crippen LogP contribution is -2.50. The third-order valence-electron chi connectivity index (χ3n) is 6.32. The molecule has 1 fully saturated rings. The van der Waals surface area contributed by atoms with Gasteiger partial charge in [0.05, 0.1) is 17.3 Å². The van der Waals surface area contributed by atoms with Gasteiger partial charge in [0.15, 0.2) is 0 Å². The van der Waals surface area contributed by atoms with E-state index in [4.69, 9.17) is 4.84 Å². The summed E-state index contributed by atoms with van der Waals surface area (Å²) >= 11 is 0. The number of oxime groups is 1. The number of hydrogen-bond donors (Lipinski definition) is 0. The summed E-state index contributed by atoms with van der Waals surface area (Å²) in [4.78, 5) is 7.62. The zero-order chi connectivity index (χ0) is 17.9. The molecule has 1 aromatic heterocycles. The fraction of sp³-hybridized carbons (Fsp3) is 0.429. The second kappa shape index (κ2) is 5.46. The van der Waals surface area contributed by atoms with Crippen molar-refractivity contribution in [1.82, 2.24) is 9.47 Å². The van der Waals surface area contributed by atoms with Gasteiger partial charge in [0.25, 0.3) is 0 Å². The van der Waals surface area contributed by atoms with Gasteiger partial charge in [-0.15, -0.1) is 0 Å². The van der Waals surface area contributed by atoms with E-state index in [-0.39, 0.29) is 5.41 Å².